The molecule has 0 radical (unpaired) electrons. The molecule has 10 nitrogen and oxygen atoms in total. The minimum Gasteiger partial charge on any atom is -0.478 e. The second kappa shape index (κ2) is 11.5. The molecule has 0 bridgehead atoms. The molecule has 2 aromatic rings. The zero-order valence-corrected chi connectivity index (χ0v) is 20.0. The Morgan fingerprint density at radius 3 is 2.55 bits per heavy atom. The predicted octanol–water partition coefficient (Wildman–Crippen LogP) is 1.66. The van der Waals surface area contributed by atoms with Crippen LogP contribution < -0.4 is 10.6 Å². The number of nitrogens with one attached hydrogen (secondary N) is 2. The number of methoxy groups -OCH3 is 1. The van der Waals surface area contributed by atoms with Crippen molar-refractivity contribution < 1.29 is 37.0 Å². The molecular formula is C20H26FN3O7S2. The molecule has 1 aliphatic rings. The van der Waals surface area contributed by atoms with Gasteiger partial charge in [0.2, 0.25) is 11.8 Å². The molecule has 2 amide bonds. The van der Waals surface area contributed by atoms with Gasteiger partial charge < -0.3 is 20.5 Å². The zero-order valence-electron chi connectivity index (χ0n) is 18.4. The zero-order chi connectivity index (χ0) is 24.8. The van der Waals surface area contributed by atoms with Gasteiger partial charge in [-0.25, -0.2) is 22.6 Å². The largest absolute Gasteiger partial charge is 0.478 e. The third kappa shape index (κ3) is 6.92. The van der Waals surface area contributed by atoms with Gasteiger partial charge in [0.05, 0.1) is 34.7 Å². The highest BCUT2D eigenvalue weighted by molar-refractivity contribution is 7.92. The van der Waals surface area contributed by atoms with Crippen molar-refractivity contribution in [2.24, 2.45) is 0 Å². The number of sulfone groups is 1. The Labute approximate surface area is 194 Å². The SMILES string of the molecule is CC.COCCS(=O)(=O)C(C(=O)NCC(=O)NC1CC1)c1nc2cc(C(=O)O)c(F)cc2s1. The maximum Gasteiger partial charge on any atom is 0.338 e. The van der Waals surface area contributed by atoms with E-state index in [2.05, 4.69) is 15.6 Å². The molecule has 0 spiro atoms. The van der Waals surface area contributed by atoms with Crippen LogP contribution in [0.4, 0.5) is 4.39 Å². The highest BCUT2D eigenvalue weighted by Crippen LogP contribution is 2.33. The number of carboxylic acids is 1. The van der Waals surface area contributed by atoms with Crippen molar-refractivity contribution in [2.45, 2.75) is 38.0 Å². The number of hydrogen-bond acceptors (Lipinski definition) is 8. The van der Waals surface area contributed by atoms with E-state index in [1.807, 2.05) is 13.8 Å². The average molecular weight is 504 g/mol. The molecule has 1 aromatic carbocycles. The lowest BCUT2D eigenvalue weighted by molar-refractivity contribution is -0.126. The Balaban J connectivity index is 0.00000187. The van der Waals surface area contributed by atoms with Crippen LogP contribution >= 0.6 is 11.3 Å². The van der Waals surface area contributed by atoms with Crippen molar-refractivity contribution >= 4 is 49.2 Å². The molecule has 1 saturated carbocycles. The molecular weight excluding hydrogens is 477 g/mol. The van der Waals surface area contributed by atoms with E-state index < -0.39 is 56.5 Å². The van der Waals surface area contributed by atoms with Gasteiger partial charge in [-0.15, -0.1) is 11.3 Å². The fourth-order valence-corrected chi connectivity index (χ4v) is 5.70. The lowest BCUT2D eigenvalue weighted by Crippen LogP contribution is -2.42. The van der Waals surface area contributed by atoms with E-state index in [0.717, 1.165) is 36.3 Å². The molecule has 13 heteroatoms. The van der Waals surface area contributed by atoms with Crippen LogP contribution in [0.25, 0.3) is 10.2 Å². The van der Waals surface area contributed by atoms with E-state index in [1.165, 1.54) is 7.11 Å². The number of nitrogens with zero attached hydrogens (tertiary/aromatic N) is 1. The van der Waals surface area contributed by atoms with Crippen LogP contribution in [0, 0.1) is 5.82 Å². The Hall–Kier alpha value is -2.64. The summed E-state index contributed by atoms with van der Waals surface area (Å²) < 4.78 is 44.7. The Bertz CT molecular complexity index is 1130. The first-order valence-corrected chi connectivity index (χ1v) is 12.8. The third-order valence-electron chi connectivity index (χ3n) is 4.48. The summed E-state index contributed by atoms with van der Waals surface area (Å²) in [5.41, 5.74) is -0.575. The first-order valence-electron chi connectivity index (χ1n) is 10.2. The summed E-state index contributed by atoms with van der Waals surface area (Å²) in [6, 6.07) is 1.99. The smallest absolute Gasteiger partial charge is 0.338 e. The van der Waals surface area contributed by atoms with Crippen molar-refractivity contribution in [1.82, 2.24) is 15.6 Å². The molecule has 0 aliphatic heterocycles. The number of aromatic carboxylic acids is 1. The normalized spacial score (nSPS) is 14.2. The topological polar surface area (TPSA) is 152 Å². The highest BCUT2D eigenvalue weighted by atomic mass is 32.2. The molecule has 33 heavy (non-hydrogen) atoms. The van der Waals surface area contributed by atoms with Crippen molar-refractivity contribution in [3.63, 3.8) is 0 Å². The number of carbonyl (C=O) groups is 3. The number of benzene rings is 1. The predicted molar refractivity (Wildman–Crippen MR) is 120 cm³/mol. The Morgan fingerprint density at radius 2 is 1.97 bits per heavy atom. The number of carboxylic acid groups (broad SMARTS) is 1. The number of aromatic nitrogens is 1. The first-order chi connectivity index (χ1) is 15.6. The van der Waals surface area contributed by atoms with Crippen LogP contribution in [0.2, 0.25) is 0 Å². The van der Waals surface area contributed by atoms with Gasteiger partial charge in [0, 0.05) is 13.2 Å². The fourth-order valence-electron chi connectivity index (χ4n) is 2.76. The van der Waals surface area contributed by atoms with Crippen LogP contribution in [0.1, 0.15) is 47.3 Å². The van der Waals surface area contributed by atoms with E-state index in [4.69, 9.17) is 9.84 Å². The van der Waals surface area contributed by atoms with Crippen LogP contribution in [-0.4, -0.2) is 68.3 Å². The number of thiazole rings is 1. The minimum atomic E-state index is -4.11. The number of fused-ring (bicyclic) bond motifs is 1. The number of ether oxygens (including phenoxy) is 1. The second-order valence-electron chi connectivity index (χ2n) is 6.96. The first kappa shape index (κ1) is 26.6. The Kier molecular flexibility index (Phi) is 9.25. The van der Waals surface area contributed by atoms with Gasteiger partial charge in [0.1, 0.15) is 10.8 Å². The molecule has 1 fully saturated rings. The van der Waals surface area contributed by atoms with Crippen molar-refractivity contribution in [3.05, 3.63) is 28.5 Å². The minimum absolute atomic E-state index is 0.0463. The molecule has 1 atom stereocenters. The summed E-state index contributed by atoms with van der Waals surface area (Å²) in [5, 5.41) is 12.1. The van der Waals surface area contributed by atoms with E-state index >= 15 is 0 Å². The van der Waals surface area contributed by atoms with E-state index in [9.17, 15) is 27.2 Å². The van der Waals surface area contributed by atoms with E-state index in [-0.39, 0.29) is 27.9 Å². The van der Waals surface area contributed by atoms with Gasteiger partial charge in [-0.3, -0.25) is 9.59 Å². The number of hydrogen-bond donors (Lipinski definition) is 3. The standard InChI is InChI=1S/C18H20FN3O7S2.C2H6/c1-29-4-5-31(27,28)15(16(24)20-8-14(23)21-9-2-3-9)17-22-12-6-10(18(25)26)11(19)7-13(12)30-17;1-2/h6-7,9,15H,2-5,8H2,1H3,(H,20,24)(H,21,23)(H,25,26);1-2H3. The summed E-state index contributed by atoms with van der Waals surface area (Å²) in [5.74, 6) is -4.39. The van der Waals surface area contributed by atoms with Crippen LogP contribution in [-0.2, 0) is 24.2 Å². The lowest BCUT2D eigenvalue weighted by Gasteiger charge is -2.15. The van der Waals surface area contributed by atoms with Gasteiger partial charge in [-0.2, -0.15) is 0 Å². The lowest BCUT2D eigenvalue weighted by atomic mass is 10.2. The van der Waals surface area contributed by atoms with Crippen molar-refractivity contribution in [2.75, 3.05) is 26.0 Å². The van der Waals surface area contributed by atoms with Crippen molar-refractivity contribution in [1.29, 1.82) is 0 Å². The summed E-state index contributed by atoms with van der Waals surface area (Å²) >= 11 is 0.758. The fraction of sp³-hybridized carbons (Fsp3) is 0.500. The quantitative estimate of drug-likeness (QED) is 0.443. The summed E-state index contributed by atoms with van der Waals surface area (Å²) in [4.78, 5) is 39.8. The number of rotatable bonds is 10. The molecule has 3 rings (SSSR count). The van der Waals surface area contributed by atoms with Crippen molar-refractivity contribution in [3.8, 4) is 0 Å². The molecule has 3 N–H and O–H groups in total. The molecule has 182 valence electrons. The monoisotopic (exact) mass is 503 g/mol. The average Bonchev–Trinajstić information content (AvgIpc) is 3.48. The summed E-state index contributed by atoms with van der Waals surface area (Å²) in [6.07, 6.45) is 1.71. The second-order valence-corrected chi connectivity index (χ2v) is 10.2. The third-order valence-corrected chi connectivity index (χ3v) is 7.61. The van der Waals surface area contributed by atoms with Crippen LogP contribution in [0.3, 0.4) is 0 Å². The molecule has 1 aromatic heterocycles. The van der Waals surface area contributed by atoms with Gasteiger partial charge >= 0.3 is 5.97 Å². The van der Waals surface area contributed by atoms with Gasteiger partial charge in [0.25, 0.3) is 0 Å². The van der Waals surface area contributed by atoms with E-state index in [1.54, 1.807) is 0 Å². The summed E-state index contributed by atoms with van der Waals surface area (Å²) in [6.45, 7) is 3.42. The number of amides is 2. The van der Waals surface area contributed by atoms with Gasteiger partial charge in [-0.05, 0) is 25.0 Å². The maximum atomic E-state index is 14.0. The Morgan fingerprint density at radius 1 is 1.30 bits per heavy atom. The summed E-state index contributed by atoms with van der Waals surface area (Å²) in [7, 11) is -2.80. The number of carbonyl (C=O) groups excluding carboxylic acids is 2. The van der Waals surface area contributed by atoms with Gasteiger partial charge in [0.15, 0.2) is 15.1 Å². The molecule has 1 aliphatic carbocycles. The highest BCUT2D eigenvalue weighted by Gasteiger charge is 2.37. The van der Waals surface area contributed by atoms with Crippen LogP contribution in [0.5, 0.6) is 0 Å². The van der Waals surface area contributed by atoms with Gasteiger partial charge in [-0.1, -0.05) is 13.8 Å². The molecule has 1 unspecified atom stereocenters. The van der Waals surface area contributed by atoms with E-state index in [0.29, 0.717) is 0 Å². The number of halogens is 1. The van der Waals surface area contributed by atoms with Crippen LogP contribution in [0.15, 0.2) is 12.1 Å². The molecule has 1 heterocycles. The molecule has 0 saturated heterocycles. The maximum absolute atomic E-state index is 14.0.